The number of hydrogen-bond donors (Lipinski definition) is 1. The highest BCUT2D eigenvalue weighted by molar-refractivity contribution is 5.09. The lowest BCUT2D eigenvalue weighted by molar-refractivity contribution is -0.298. The highest BCUT2D eigenvalue weighted by Gasteiger charge is 2.64. The van der Waals surface area contributed by atoms with E-state index in [0.29, 0.717) is 18.4 Å². The normalized spacial score (nSPS) is 47.4. The molecular weight excluding hydrogens is 252 g/mol. The quantitative estimate of drug-likeness (QED) is 0.844. The molecule has 3 fully saturated rings. The minimum Gasteiger partial charge on any atom is -0.396 e. The molecule has 4 atom stereocenters. The van der Waals surface area contributed by atoms with Crippen LogP contribution in [-0.2, 0) is 9.47 Å². The Kier molecular flexibility index (Phi) is 3.67. The number of aliphatic hydroxyl groups is 1. The molecule has 1 N–H and O–H groups in total. The van der Waals surface area contributed by atoms with E-state index in [1.54, 1.807) is 0 Å². The molecule has 1 spiro atoms. The molecule has 1 heterocycles. The summed E-state index contributed by atoms with van der Waals surface area (Å²) in [7, 11) is 0. The predicted octanol–water partition coefficient (Wildman–Crippen LogP) is 3.35. The van der Waals surface area contributed by atoms with Gasteiger partial charge in [0.05, 0.1) is 13.2 Å². The lowest BCUT2D eigenvalue weighted by Gasteiger charge is -2.62. The van der Waals surface area contributed by atoms with Crippen molar-refractivity contribution < 1.29 is 14.6 Å². The topological polar surface area (TPSA) is 38.7 Å². The second kappa shape index (κ2) is 4.96. The van der Waals surface area contributed by atoms with Crippen LogP contribution in [0.2, 0.25) is 0 Å². The number of hydrogen-bond acceptors (Lipinski definition) is 3. The number of fused-ring (bicyclic) bond motifs is 2. The molecule has 116 valence electrons. The van der Waals surface area contributed by atoms with Crippen LogP contribution in [0.4, 0.5) is 0 Å². The molecule has 3 aliphatic rings. The Morgan fingerprint density at radius 3 is 2.45 bits per heavy atom. The molecule has 0 bridgehead atoms. The minimum atomic E-state index is -0.341. The van der Waals surface area contributed by atoms with E-state index >= 15 is 0 Å². The highest BCUT2D eigenvalue weighted by atomic mass is 16.7. The fraction of sp³-hybridized carbons (Fsp3) is 1.00. The van der Waals surface area contributed by atoms with E-state index < -0.39 is 0 Å². The van der Waals surface area contributed by atoms with Gasteiger partial charge in [0.1, 0.15) is 0 Å². The second-order valence-electron chi connectivity index (χ2n) is 7.73. The summed E-state index contributed by atoms with van der Waals surface area (Å²) in [4.78, 5) is 0. The van der Waals surface area contributed by atoms with Crippen molar-refractivity contribution in [2.24, 2.45) is 22.7 Å². The van der Waals surface area contributed by atoms with Gasteiger partial charge >= 0.3 is 0 Å². The van der Waals surface area contributed by atoms with Crippen LogP contribution in [0.5, 0.6) is 0 Å². The van der Waals surface area contributed by atoms with Gasteiger partial charge in [-0.25, -0.2) is 0 Å². The molecule has 3 heteroatoms. The number of aliphatic hydroxyl groups excluding tert-OH is 1. The van der Waals surface area contributed by atoms with Gasteiger partial charge in [0, 0.05) is 18.4 Å². The first-order chi connectivity index (χ1) is 9.48. The van der Waals surface area contributed by atoms with Gasteiger partial charge in [-0.2, -0.15) is 0 Å². The molecule has 0 unspecified atom stereocenters. The van der Waals surface area contributed by atoms with Gasteiger partial charge in [0.2, 0.25) is 0 Å². The van der Waals surface area contributed by atoms with Crippen LogP contribution < -0.4 is 0 Å². The summed E-state index contributed by atoms with van der Waals surface area (Å²) in [5.41, 5.74) is 0.322. The summed E-state index contributed by atoms with van der Waals surface area (Å²) in [5, 5.41) is 9.57. The first-order valence-electron chi connectivity index (χ1n) is 8.37. The lowest BCUT2D eigenvalue weighted by Crippen LogP contribution is -2.61. The molecule has 2 aliphatic carbocycles. The Morgan fingerprint density at radius 2 is 1.80 bits per heavy atom. The van der Waals surface area contributed by atoms with Gasteiger partial charge < -0.3 is 14.6 Å². The van der Waals surface area contributed by atoms with Crippen molar-refractivity contribution in [2.45, 2.75) is 65.1 Å². The highest BCUT2D eigenvalue weighted by Crippen LogP contribution is 2.65. The molecule has 0 radical (unpaired) electrons. The Labute approximate surface area is 123 Å². The Hall–Kier alpha value is -0.120. The van der Waals surface area contributed by atoms with Gasteiger partial charge in [-0.15, -0.1) is 0 Å². The van der Waals surface area contributed by atoms with E-state index in [1.165, 1.54) is 25.7 Å². The van der Waals surface area contributed by atoms with E-state index in [4.69, 9.17) is 9.47 Å². The smallest absolute Gasteiger partial charge is 0.174 e. The molecule has 2 saturated carbocycles. The van der Waals surface area contributed by atoms with Crippen molar-refractivity contribution >= 4 is 0 Å². The fourth-order valence-electron chi connectivity index (χ4n) is 5.61. The molecule has 3 rings (SSSR count). The largest absolute Gasteiger partial charge is 0.396 e. The Morgan fingerprint density at radius 1 is 1.10 bits per heavy atom. The maximum Gasteiger partial charge on any atom is 0.174 e. The number of rotatable bonds is 2. The first-order valence-corrected chi connectivity index (χ1v) is 8.37. The third-order valence-corrected chi connectivity index (χ3v) is 7.06. The summed E-state index contributed by atoms with van der Waals surface area (Å²) >= 11 is 0. The zero-order chi connectivity index (χ0) is 14.4. The van der Waals surface area contributed by atoms with Crippen LogP contribution in [0.1, 0.15) is 59.3 Å². The molecule has 0 aromatic carbocycles. The van der Waals surface area contributed by atoms with E-state index in [0.717, 1.165) is 26.1 Å². The zero-order valence-corrected chi connectivity index (χ0v) is 13.3. The molecule has 0 amide bonds. The van der Waals surface area contributed by atoms with Crippen LogP contribution in [0.15, 0.2) is 0 Å². The monoisotopic (exact) mass is 282 g/mol. The third kappa shape index (κ3) is 1.82. The molecule has 1 saturated heterocycles. The summed E-state index contributed by atoms with van der Waals surface area (Å²) in [6.07, 6.45) is 6.81. The molecule has 1 aliphatic heterocycles. The summed E-state index contributed by atoms with van der Waals surface area (Å²) in [6, 6.07) is 0. The molecule has 0 aromatic heterocycles. The molecule has 3 nitrogen and oxygen atoms in total. The van der Waals surface area contributed by atoms with Crippen LogP contribution in [0.25, 0.3) is 0 Å². The maximum atomic E-state index is 9.57. The van der Waals surface area contributed by atoms with Gasteiger partial charge in [0.25, 0.3) is 0 Å². The summed E-state index contributed by atoms with van der Waals surface area (Å²) in [5.74, 6) is 0.925. The number of ether oxygens (including phenoxy) is 2. The van der Waals surface area contributed by atoms with Crippen molar-refractivity contribution in [1.29, 1.82) is 0 Å². The van der Waals surface area contributed by atoms with Crippen molar-refractivity contribution in [2.75, 3.05) is 19.8 Å². The molecular formula is C17H30O3. The van der Waals surface area contributed by atoms with E-state index in [9.17, 15) is 5.11 Å². The summed E-state index contributed by atoms with van der Waals surface area (Å²) in [6.45, 7) is 8.94. The van der Waals surface area contributed by atoms with Crippen molar-refractivity contribution in [3.63, 3.8) is 0 Å². The van der Waals surface area contributed by atoms with Crippen LogP contribution in [0, 0.1) is 22.7 Å². The second-order valence-corrected chi connectivity index (χ2v) is 7.73. The zero-order valence-electron chi connectivity index (χ0n) is 13.3. The average molecular weight is 282 g/mol. The average Bonchev–Trinajstić information content (AvgIpc) is 2.88. The lowest BCUT2D eigenvalue weighted by atomic mass is 9.45. The van der Waals surface area contributed by atoms with Crippen molar-refractivity contribution in [1.82, 2.24) is 0 Å². The van der Waals surface area contributed by atoms with E-state index in [-0.39, 0.29) is 16.6 Å². The van der Waals surface area contributed by atoms with Crippen LogP contribution in [0.3, 0.4) is 0 Å². The van der Waals surface area contributed by atoms with Crippen LogP contribution in [-0.4, -0.2) is 30.7 Å². The van der Waals surface area contributed by atoms with Crippen molar-refractivity contribution in [3.05, 3.63) is 0 Å². The molecule has 20 heavy (non-hydrogen) atoms. The first kappa shape index (κ1) is 14.8. The van der Waals surface area contributed by atoms with E-state index in [1.807, 2.05) is 0 Å². The van der Waals surface area contributed by atoms with Gasteiger partial charge in [-0.3, -0.25) is 0 Å². The fourth-order valence-corrected chi connectivity index (χ4v) is 5.61. The van der Waals surface area contributed by atoms with Gasteiger partial charge in [-0.05, 0) is 49.4 Å². The van der Waals surface area contributed by atoms with E-state index in [2.05, 4.69) is 20.8 Å². The Balaban J connectivity index is 1.98. The Bertz CT molecular complexity index is 363. The third-order valence-electron chi connectivity index (χ3n) is 7.06. The van der Waals surface area contributed by atoms with Gasteiger partial charge in [0.15, 0.2) is 5.79 Å². The van der Waals surface area contributed by atoms with Crippen molar-refractivity contribution in [3.8, 4) is 0 Å². The SMILES string of the molecule is C[C@H]1CC[C@@]2(C)[C@@H](CCCC23OCCO3)[C@]1(C)CCO. The minimum absolute atomic E-state index is 0.109. The van der Waals surface area contributed by atoms with Crippen LogP contribution >= 0.6 is 0 Å². The summed E-state index contributed by atoms with van der Waals surface area (Å²) < 4.78 is 12.4. The maximum absolute atomic E-state index is 9.57. The van der Waals surface area contributed by atoms with Gasteiger partial charge in [-0.1, -0.05) is 20.8 Å². The molecule has 0 aromatic rings. The predicted molar refractivity (Wildman–Crippen MR) is 78.3 cm³/mol. The standard InChI is InChI=1S/C17H30O3/c1-13-6-8-16(3)14(15(13,2)9-10-18)5-4-7-17(16)19-11-12-20-17/h13-14,18H,4-12H2,1-3H3/t13-,14-,15+,16-/m0/s1.